The van der Waals surface area contributed by atoms with Crippen LogP contribution in [-0.4, -0.2) is 37.0 Å². The van der Waals surface area contributed by atoms with E-state index in [1.165, 1.54) is 4.31 Å². The Hall–Kier alpha value is -2.48. The molecule has 0 amide bonds. The Bertz CT molecular complexity index is 1210. The molecule has 0 unspecified atom stereocenters. The van der Waals surface area contributed by atoms with Crippen LogP contribution >= 0.6 is 0 Å². The maximum atomic E-state index is 13.4. The van der Waals surface area contributed by atoms with Gasteiger partial charge >= 0.3 is 0 Å². The summed E-state index contributed by atoms with van der Waals surface area (Å²) in [4.78, 5) is 16.0. The quantitative estimate of drug-likeness (QED) is 0.654. The second-order valence-corrected chi connectivity index (χ2v) is 9.78. The Morgan fingerprint density at radius 1 is 1.13 bits per heavy atom. The SMILES string of the molecule is Cc1ccc2cc(CN(C[C@@H]3CCCO3)S(=O)(=O)c3ccccc3)c(=O)[nH]c2c1C. The Balaban J connectivity index is 1.74. The fourth-order valence-corrected chi connectivity index (χ4v) is 5.35. The molecule has 1 saturated heterocycles. The lowest BCUT2D eigenvalue weighted by Crippen LogP contribution is -2.38. The predicted octanol–water partition coefficient (Wildman–Crippen LogP) is 3.51. The first-order valence-electron chi connectivity index (χ1n) is 10.1. The molecule has 1 aromatic heterocycles. The average molecular weight is 427 g/mol. The Kier molecular flexibility index (Phi) is 5.77. The zero-order chi connectivity index (χ0) is 21.3. The van der Waals surface area contributed by atoms with E-state index < -0.39 is 10.0 Å². The molecule has 2 heterocycles. The third-order valence-electron chi connectivity index (χ3n) is 5.79. The number of nitrogens with one attached hydrogen (secondary N) is 1. The molecule has 1 atom stereocenters. The van der Waals surface area contributed by atoms with Crippen molar-refractivity contribution in [2.24, 2.45) is 0 Å². The second-order valence-electron chi connectivity index (χ2n) is 7.84. The number of rotatable bonds is 6. The van der Waals surface area contributed by atoms with Crippen LogP contribution in [0.25, 0.3) is 10.9 Å². The third kappa shape index (κ3) is 4.05. The van der Waals surface area contributed by atoms with Crippen molar-refractivity contribution in [1.29, 1.82) is 0 Å². The van der Waals surface area contributed by atoms with Crippen LogP contribution in [-0.2, 0) is 21.3 Å². The van der Waals surface area contributed by atoms with Crippen molar-refractivity contribution in [2.75, 3.05) is 13.2 Å². The fourth-order valence-electron chi connectivity index (χ4n) is 3.88. The summed E-state index contributed by atoms with van der Waals surface area (Å²) in [6, 6.07) is 14.1. The predicted molar refractivity (Wildman–Crippen MR) is 117 cm³/mol. The second kappa shape index (κ2) is 8.34. The minimum atomic E-state index is -3.77. The summed E-state index contributed by atoms with van der Waals surface area (Å²) in [5.41, 5.74) is 3.06. The summed E-state index contributed by atoms with van der Waals surface area (Å²) in [5.74, 6) is 0. The number of hydrogen-bond acceptors (Lipinski definition) is 4. The summed E-state index contributed by atoms with van der Waals surface area (Å²) < 4.78 is 33.8. The Labute approximate surface area is 176 Å². The van der Waals surface area contributed by atoms with Gasteiger partial charge in [-0.3, -0.25) is 4.79 Å². The molecule has 1 fully saturated rings. The van der Waals surface area contributed by atoms with Gasteiger partial charge in [-0.25, -0.2) is 8.42 Å². The monoisotopic (exact) mass is 426 g/mol. The van der Waals surface area contributed by atoms with Crippen molar-refractivity contribution in [3.63, 3.8) is 0 Å². The molecule has 0 radical (unpaired) electrons. The van der Waals surface area contributed by atoms with Crippen LogP contribution in [0, 0.1) is 13.8 Å². The first-order valence-corrected chi connectivity index (χ1v) is 11.6. The van der Waals surface area contributed by atoms with Crippen LogP contribution < -0.4 is 5.56 Å². The highest BCUT2D eigenvalue weighted by molar-refractivity contribution is 7.89. The van der Waals surface area contributed by atoms with E-state index in [1.807, 2.05) is 26.0 Å². The molecule has 3 aromatic rings. The van der Waals surface area contributed by atoms with Crippen molar-refractivity contribution in [3.8, 4) is 0 Å². The van der Waals surface area contributed by atoms with Crippen LogP contribution in [0.5, 0.6) is 0 Å². The summed E-state index contributed by atoms with van der Waals surface area (Å²) in [6.07, 6.45) is 1.57. The van der Waals surface area contributed by atoms with Crippen molar-refractivity contribution in [1.82, 2.24) is 9.29 Å². The van der Waals surface area contributed by atoms with Gasteiger partial charge in [0.25, 0.3) is 5.56 Å². The van der Waals surface area contributed by atoms with Gasteiger partial charge in [-0.15, -0.1) is 0 Å². The van der Waals surface area contributed by atoms with Gasteiger partial charge in [-0.05, 0) is 61.4 Å². The summed E-state index contributed by atoms with van der Waals surface area (Å²) >= 11 is 0. The first-order chi connectivity index (χ1) is 14.4. The van der Waals surface area contributed by atoms with E-state index >= 15 is 0 Å². The number of aromatic nitrogens is 1. The Morgan fingerprint density at radius 3 is 2.60 bits per heavy atom. The molecule has 30 heavy (non-hydrogen) atoms. The molecule has 1 N–H and O–H groups in total. The van der Waals surface area contributed by atoms with Crippen molar-refractivity contribution in [2.45, 2.75) is 44.2 Å². The average Bonchev–Trinajstić information content (AvgIpc) is 3.25. The van der Waals surface area contributed by atoms with E-state index in [0.29, 0.717) is 12.2 Å². The zero-order valence-corrected chi connectivity index (χ0v) is 18.0. The van der Waals surface area contributed by atoms with Crippen molar-refractivity contribution >= 4 is 20.9 Å². The van der Waals surface area contributed by atoms with Crippen LogP contribution in [0.3, 0.4) is 0 Å². The number of nitrogens with zero attached hydrogens (tertiary/aromatic N) is 1. The lowest BCUT2D eigenvalue weighted by molar-refractivity contribution is 0.0925. The van der Waals surface area contributed by atoms with Crippen LogP contribution in [0.15, 0.2) is 58.2 Å². The van der Waals surface area contributed by atoms with E-state index in [2.05, 4.69) is 4.98 Å². The highest BCUT2D eigenvalue weighted by atomic mass is 32.2. The molecular weight excluding hydrogens is 400 g/mol. The van der Waals surface area contributed by atoms with Crippen LogP contribution in [0.4, 0.5) is 0 Å². The number of fused-ring (bicyclic) bond motifs is 1. The summed E-state index contributed by atoms with van der Waals surface area (Å²) in [5, 5.41) is 0.891. The van der Waals surface area contributed by atoms with E-state index in [1.54, 1.807) is 36.4 Å². The number of benzene rings is 2. The summed E-state index contributed by atoms with van der Waals surface area (Å²) in [6.45, 7) is 4.82. The van der Waals surface area contributed by atoms with Gasteiger partial charge in [-0.2, -0.15) is 4.31 Å². The molecular formula is C23H26N2O4S. The molecule has 6 nitrogen and oxygen atoms in total. The van der Waals surface area contributed by atoms with Crippen molar-refractivity contribution in [3.05, 3.63) is 75.6 Å². The summed E-state index contributed by atoms with van der Waals surface area (Å²) in [7, 11) is -3.77. The minimum Gasteiger partial charge on any atom is -0.377 e. The highest BCUT2D eigenvalue weighted by Gasteiger charge is 2.30. The highest BCUT2D eigenvalue weighted by Crippen LogP contribution is 2.23. The van der Waals surface area contributed by atoms with Gasteiger partial charge in [0.2, 0.25) is 10.0 Å². The molecule has 158 valence electrons. The normalized spacial score (nSPS) is 17.1. The van der Waals surface area contributed by atoms with Gasteiger partial charge < -0.3 is 9.72 Å². The topological polar surface area (TPSA) is 79.5 Å². The maximum Gasteiger partial charge on any atom is 0.252 e. The molecule has 4 rings (SSSR count). The van der Waals surface area contributed by atoms with E-state index in [4.69, 9.17) is 4.74 Å². The molecule has 2 aromatic carbocycles. The smallest absolute Gasteiger partial charge is 0.252 e. The number of aromatic amines is 1. The third-order valence-corrected chi connectivity index (χ3v) is 7.61. The van der Waals surface area contributed by atoms with Gasteiger partial charge in [0.15, 0.2) is 0 Å². The molecule has 0 saturated carbocycles. The fraction of sp³-hybridized carbons (Fsp3) is 0.348. The van der Waals surface area contributed by atoms with E-state index in [-0.39, 0.29) is 29.6 Å². The standard InChI is InChI=1S/C23H26N2O4S/c1-16-10-11-18-13-19(23(26)24-22(18)17(16)2)14-25(15-20-7-6-12-29-20)30(27,28)21-8-4-3-5-9-21/h3-5,8-11,13,20H,6-7,12,14-15H2,1-2H3,(H,24,26)/t20-/m0/s1. The van der Waals surface area contributed by atoms with Crippen LogP contribution in [0.1, 0.15) is 29.5 Å². The van der Waals surface area contributed by atoms with E-state index in [9.17, 15) is 13.2 Å². The van der Waals surface area contributed by atoms with Gasteiger partial charge in [-0.1, -0.05) is 30.3 Å². The van der Waals surface area contributed by atoms with Gasteiger partial charge in [0.05, 0.1) is 16.5 Å². The molecule has 0 bridgehead atoms. The number of hydrogen-bond donors (Lipinski definition) is 1. The van der Waals surface area contributed by atoms with Crippen LogP contribution in [0.2, 0.25) is 0 Å². The molecule has 1 aliphatic rings. The lowest BCUT2D eigenvalue weighted by Gasteiger charge is -2.25. The molecule has 0 aliphatic carbocycles. The number of ether oxygens (including phenoxy) is 1. The molecule has 0 spiro atoms. The molecule has 7 heteroatoms. The van der Waals surface area contributed by atoms with Crippen molar-refractivity contribution < 1.29 is 13.2 Å². The van der Waals surface area contributed by atoms with Gasteiger partial charge in [0.1, 0.15) is 0 Å². The zero-order valence-electron chi connectivity index (χ0n) is 17.2. The first kappa shape index (κ1) is 20.8. The minimum absolute atomic E-state index is 0.00468. The largest absolute Gasteiger partial charge is 0.377 e. The van der Waals surface area contributed by atoms with Gasteiger partial charge in [0, 0.05) is 25.3 Å². The number of pyridine rings is 1. The Morgan fingerprint density at radius 2 is 1.90 bits per heavy atom. The molecule has 1 aliphatic heterocycles. The lowest BCUT2D eigenvalue weighted by atomic mass is 10.0. The number of H-pyrrole nitrogens is 1. The maximum absolute atomic E-state index is 13.4. The number of sulfonamides is 1. The van der Waals surface area contributed by atoms with E-state index in [0.717, 1.165) is 34.9 Å². The number of aryl methyl sites for hydroxylation is 2.